The van der Waals surface area contributed by atoms with Crippen LogP contribution in [0.1, 0.15) is 52.5 Å². The van der Waals surface area contributed by atoms with E-state index in [9.17, 15) is 24.3 Å². The van der Waals surface area contributed by atoms with Gasteiger partial charge in [-0.3, -0.25) is 35.0 Å². The molecule has 0 fully saturated rings. The van der Waals surface area contributed by atoms with Crippen molar-refractivity contribution < 1.29 is 24.3 Å². The van der Waals surface area contributed by atoms with E-state index < -0.39 is 29.6 Å². The lowest BCUT2D eigenvalue weighted by molar-refractivity contribution is -0.147. The fourth-order valence-corrected chi connectivity index (χ4v) is 3.32. The number of nitrogen functional groups attached to an aromatic ring is 1. The van der Waals surface area contributed by atoms with Crippen molar-refractivity contribution in [2.24, 2.45) is 22.5 Å². The number of aliphatic imine (C=N–C) groups is 1. The van der Waals surface area contributed by atoms with Crippen LogP contribution in [0.3, 0.4) is 0 Å². The first kappa shape index (κ1) is 27.0. The van der Waals surface area contributed by atoms with Crippen molar-refractivity contribution >= 4 is 29.5 Å². The predicted octanol–water partition coefficient (Wildman–Crippen LogP) is 1.21. The molecule has 0 aliphatic carbocycles. The number of nitrogens with one attached hydrogen (secondary N) is 2. The molecule has 3 amide bonds. The van der Waals surface area contributed by atoms with E-state index >= 15 is 0 Å². The van der Waals surface area contributed by atoms with Gasteiger partial charge in [0.2, 0.25) is 5.91 Å². The zero-order chi connectivity index (χ0) is 25.8. The number of carbonyl (C=O) groups is 4. The molecule has 35 heavy (non-hydrogen) atoms. The summed E-state index contributed by atoms with van der Waals surface area (Å²) in [5.74, 6) is 1.54. The number of hydrogen-bond acceptors (Lipinski definition) is 6. The summed E-state index contributed by atoms with van der Waals surface area (Å²) < 4.78 is 0. The molecule has 0 saturated carbocycles. The SMILES string of the molecule is CC(N)=NCCC[C@@H](CC(=O)N(Cc1ccccc1)NC(=O)c1ccccc1C(=O)NN)C(=O)O. The number of carboxylic acid groups (broad SMARTS) is 1. The van der Waals surface area contributed by atoms with Crippen LogP contribution < -0.4 is 22.4 Å². The minimum atomic E-state index is -1.12. The standard InChI is InChI=1S/C24H30N6O5/c1-16(25)27-13-7-10-18(24(34)35)14-21(31)30(15-17-8-3-2-4-9-17)29-23(33)20-12-6-5-11-19(20)22(32)28-26/h2-6,8-9,11-12,18H,7,10,13-15,26H2,1H3,(H2,25,27)(H,28,32)(H,29,33)(H,34,35)/t18-/m0/s1. The minimum Gasteiger partial charge on any atom is -0.481 e. The van der Waals surface area contributed by atoms with Crippen LogP contribution in [-0.2, 0) is 16.1 Å². The summed E-state index contributed by atoms with van der Waals surface area (Å²) in [6.45, 7) is 1.99. The van der Waals surface area contributed by atoms with Crippen LogP contribution >= 0.6 is 0 Å². The zero-order valence-corrected chi connectivity index (χ0v) is 19.4. The Morgan fingerprint density at radius 1 is 1.00 bits per heavy atom. The molecule has 0 spiro atoms. The zero-order valence-electron chi connectivity index (χ0n) is 19.4. The normalized spacial score (nSPS) is 11.9. The van der Waals surface area contributed by atoms with Gasteiger partial charge in [-0.05, 0) is 37.5 Å². The van der Waals surface area contributed by atoms with E-state index in [4.69, 9.17) is 11.6 Å². The Hall–Kier alpha value is -4.25. The van der Waals surface area contributed by atoms with E-state index in [-0.39, 0.29) is 30.5 Å². The van der Waals surface area contributed by atoms with Gasteiger partial charge in [0.15, 0.2) is 0 Å². The van der Waals surface area contributed by atoms with E-state index in [1.165, 1.54) is 12.1 Å². The molecule has 0 radical (unpaired) electrons. The van der Waals surface area contributed by atoms with Gasteiger partial charge in [0, 0.05) is 13.0 Å². The molecule has 7 N–H and O–H groups in total. The third-order valence-electron chi connectivity index (χ3n) is 5.11. The van der Waals surface area contributed by atoms with Crippen molar-refractivity contribution in [3.8, 4) is 0 Å². The Balaban J connectivity index is 2.23. The highest BCUT2D eigenvalue weighted by atomic mass is 16.4. The molecule has 0 heterocycles. The summed E-state index contributed by atoms with van der Waals surface area (Å²) in [5.41, 5.74) is 10.7. The van der Waals surface area contributed by atoms with Crippen molar-refractivity contribution in [2.75, 3.05) is 6.54 Å². The summed E-state index contributed by atoms with van der Waals surface area (Å²) >= 11 is 0. The maximum absolute atomic E-state index is 13.1. The van der Waals surface area contributed by atoms with Crippen LogP contribution in [0.25, 0.3) is 0 Å². The van der Waals surface area contributed by atoms with Crippen molar-refractivity contribution in [3.63, 3.8) is 0 Å². The topological polar surface area (TPSA) is 180 Å². The number of nitrogens with zero attached hydrogens (tertiary/aromatic N) is 2. The van der Waals surface area contributed by atoms with Gasteiger partial charge in [0.25, 0.3) is 11.8 Å². The second kappa shape index (κ2) is 13.5. The van der Waals surface area contributed by atoms with Crippen molar-refractivity contribution in [2.45, 2.75) is 32.7 Å². The molecule has 0 aliphatic heterocycles. The van der Waals surface area contributed by atoms with Crippen LogP contribution in [0, 0.1) is 5.92 Å². The molecule has 0 aliphatic rings. The van der Waals surface area contributed by atoms with Crippen LogP contribution in [0.5, 0.6) is 0 Å². The molecule has 0 bridgehead atoms. The number of amides is 3. The fraction of sp³-hybridized carbons (Fsp3) is 0.292. The predicted molar refractivity (Wildman–Crippen MR) is 130 cm³/mol. The molecule has 2 aromatic rings. The number of benzene rings is 2. The number of nitrogens with two attached hydrogens (primary N) is 2. The van der Waals surface area contributed by atoms with E-state index in [0.29, 0.717) is 24.4 Å². The lowest BCUT2D eigenvalue weighted by Crippen LogP contribution is -2.47. The number of amidine groups is 1. The Morgan fingerprint density at radius 2 is 1.60 bits per heavy atom. The molecule has 0 saturated heterocycles. The van der Waals surface area contributed by atoms with Crippen molar-refractivity contribution in [1.29, 1.82) is 0 Å². The Bertz CT molecular complexity index is 1070. The molecule has 186 valence electrons. The second-order valence-corrected chi connectivity index (χ2v) is 7.83. The first-order chi connectivity index (χ1) is 16.7. The summed E-state index contributed by atoms with van der Waals surface area (Å²) in [5, 5.41) is 10.7. The van der Waals surface area contributed by atoms with E-state index in [1.807, 2.05) is 11.5 Å². The van der Waals surface area contributed by atoms with Gasteiger partial charge in [0.05, 0.1) is 29.4 Å². The van der Waals surface area contributed by atoms with Crippen molar-refractivity contribution in [1.82, 2.24) is 15.9 Å². The molecular weight excluding hydrogens is 452 g/mol. The van der Waals surface area contributed by atoms with Crippen LogP contribution in [0.15, 0.2) is 59.6 Å². The lowest BCUT2D eigenvalue weighted by atomic mass is 9.99. The summed E-state index contributed by atoms with van der Waals surface area (Å²) in [6, 6.07) is 14.9. The van der Waals surface area contributed by atoms with Gasteiger partial charge in [-0.2, -0.15) is 0 Å². The van der Waals surface area contributed by atoms with E-state index in [0.717, 1.165) is 5.01 Å². The third-order valence-corrected chi connectivity index (χ3v) is 5.11. The van der Waals surface area contributed by atoms with Gasteiger partial charge >= 0.3 is 5.97 Å². The first-order valence-corrected chi connectivity index (χ1v) is 11.0. The molecule has 2 aromatic carbocycles. The largest absolute Gasteiger partial charge is 0.481 e. The second-order valence-electron chi connectivity index (χ2n) is 7.83. The quantitative estimate of drug-likeness (QED) is 0.0797. The smallest absolute Gasteiger partial charge is 0.307 e. The minimum absolute atomic E-state index is 0.000331. The van der Waals surface area contributed by atoms with E-state index in [2.05, 4.69) is 10.4 Å². The number of aliphatic carboxylic acids is 1. The number of rotatable bonds is 11. The third kappa shape index (κ3) is 8.55. The first-order valence-electron chi connectivity index (χ1n) is 11.0. The van der Waals surface area contributed by atoms with Crippen molar-refractivity contribution in [3.05, 3.63) is 71.3 Å². The maximum Gasteiger partial charge on any atom is 0.307 e. The highest BCUT2D eigenvalue weighted by Crippen LogP contribution is 2.16. The molecule has 2 rings (SSSR count). The van der Waals surface area contributed by atoms with Gasteiger partial charge in [-0.1, -0.05) is 42.5 Å². The Labute approximate surface area is 203 Å². The number of hydrogen-bond donors (Lipinski definition) is 5. The maximum atomic E-state index is 13.1. The number of carbonyl (C=O) groups excluding carboxylic acids is 3. The summed E-state index contributed by atoms with van der Waals surface area (Å²) in [4.78, 5) is 54.0. The Morgan fingerprint density at radius 3 is 2.17 bits per heavy atom. The van der Waals surface area contributed by atoms with Gasteiger partial charge in [-0.25, -0.2) is 10.9 Å². The number of carboxylic acids is 1. The molecule has 0 aromatic heterocycles. The fourth-order valence-electron chi connectivity index (χ4n) is 3.32. The van der Waals surface area contributed by atoms with Gasteiger partial charge in [-0.15, -0.1) is 0 Å². The Kier molecular flexibility index (Phi) is 10.4. The molecule has 1 atom stereocenters. The van der Waals surface area contributed by atoms with Crippen LogP contribution in [0.4, 0.5) is 0 Å². The van der Waals surface area contributed by atoms with Gasteiger partial charge in [0.1, 0.15) is 0 Å². The molecular formula is C24H30N6O5. The average Bonchev–Trinajstić information content (AvgIpc) is 2.85. The summed E-state index contributed by atoms with van der Waals surface area (Å²) in [6.07, 6.45) is 0.314. The summed E-state index contributed by atoms with van der Waals surface area (Å²) in [7, 11) is 0. The monoisotopic (exact) mass is 482 g/mol. The number of hydrazine groups is 2. The average molecular weight is 483 g/mol. The van der Waals surface area contributed by atoms with Crippen LogP contribution in [0.2, 0.25) is 0 Å². The van der Waals surface area contributed by atoms with E-state index in [1.54, 1.807) is 43.3 Å². The molecule has 11 nitrogen and oxygen atoms in total. The molecule has 0 unspecified atom stereocenters. The lowest BCUT2D eigenvalue weighted by Gasteiger charge is -2.25. The highest BCUT2D eigenvalue weighted by molar-refractivity contribution is 6.07. The van der Waals surface area contributed by atoms with Crippen LogP contribution in [-0.4, -0.2) is 46.2 Å². The highest BCUT2D eigenvalue weighted by Gasteiger charge is 2.26. The molecule has 11 heteroatoms. The van der Waals surface area contributed by atoms with Gasteiger partial charge < -0.3 is 10.8 Å².